The van der Waals surface area contributed by atoms with Crippen LogP contribution in [-0.4, -0.2) is 57.2 Å². The third-order valence-electron chi connectivity index (χ3n) is 4.83. The number of carbonyl (C=O) groups excluding carboxylic acids is 1. The lowest BCUT2D eigenvalue weighted by atomic mass is 9.88. The van der Waals surface area contributed by atoms with Crippen LogP contribution in [0.15, 0.2) is 43.0 Å². The van der Waals surface area contributed by atoms with Crippen molar-refractivity contribution in [2.45, 2.75) is 31.0 Å². The summed E-state index contributed by atoms with van der Waals surface area (Å²) in [5.41, 5.74) is -0.193. The Morgan fingerprint density at radius 3 is 2.72 bits per heavy atom. The number of nitrogens with zero attached hydrogens (tertiary/aromatic N) is 4. The van der Waals surface area contributed by atoms with Crippen LogP contribution in [0.5, 0.6) is 5.75 Å². The molecule has 0 aliphatic carbocycles. The number of likely N-dealkylation sites (tertiary alicyclic amines) is 1. The number of carbonyl (C=O) groups is 1. The van der Waals surface area contributed by atoms with Gasteiger partial charge in [-0.2, -0.15) is 0 Å². The van der Waals surface area contributed by atoms with Crippen LogP contribution in [0.1, 0.15) is 29.9 Å². The Labute approximate surface area is 146 Å². The molecule has 1 unspecified atom stereocenters. The normalized spacial score (nSPS) is 22.1. The van der Waals surface area contributed by atoms with Gasteiger partial charge in [0, 0.05) is 38.1 Å². The Morgan fingerprint density at radius 1 is 1.20 bits per heavy atom. The monoisotopic (exact) mass is 340 g/mol. The van der Waals surface area contributed by atoms with E-state index in [9.17, 15) is 4.79 Å². The van der Waals surface area contributed by atoms with Crippen molar-refractivity contribution in [3.05, 3.63) is 48.8 Å². The first-order valence-corrected chi connectivity index (χ1v) is 8.51. The lowest BCUT2D eigenvalue weighted by molar-refractivity contribution is -0.0397. The third kappa shape index (κ3) is 3.46. The molecule has 0 bridgehead atoms. The minimum atomic E-state index is -0.193. The first-order valence-electron chi connectivity index (χ1n) is 8.51. The summed E-state index contributed by atoms with van der Waals surface area (Å²) in [6, 6.07) is 5.46. The maximum absolute atomic E-state index is 12.4. The van der Waals surface area contributed by atoms with Gasteiger partial charge >= 0.3 is 0 Å². The lowest BCUT2D eigenvalue weighted by Crippen LogP contribution is -2.47. The predicted molar refractivity (Wildman–Crippen MR) is 89.1 cm³/mol. The highest BCUT2D eigenvalue weighted by Crippen LogP contribution is 2.37. The minimum absolute atomic E-state index is 0.0314. The van der Waals surface area contributed by atoms with Crippen molar-refractivity contribution in [3.8, 4) is 5.75 Å². The average molecular weight is 340 g/mol. The number of hydrogen-bond acceptors (Lipinski definition) is 6. The largest absolute Gasteiger partial charge is 0.486 e. The van der Waals surface area contributed by atoms with Crippen molar-refractivity contribution < 1.29 is 14.3 Å². The smallest absolute Gasteiger partial charge is 0.291 e. The van der Waals surface area contributed by atoms with Gasteiger partial charge in [-0.15, -0.1) is 0 Å². The summed E-state index contributed by atoms with van der Waals surface area (Å²) in [6.07, 6.45) is 9.10. The number of hydrogen-bond donors (Lipinski definition) is 0. The van der Waals surface area contributed by atoms with E-state index in [4.69, 9.17) is 9.47 Å². The van der Waals surface area contributed by atoms with E-state index >= 15 is 0 Å². The fraction of sp³-hybridized carbons (Fsp3) is 0.444. The standard InChI is InChI=1S/C18H20N4O3/c23-17(16-20-7-2-8-21-16)22-9-4-18(5-10-22)11-15(13-24-18)25-14-3-1-6-19-12-14/h1-3,6-8,12,15H,4-5,9-11,13H2. The van der Waals surface area contributed by atoms with E-state index in [0.717, 1.165) is 25.0 Å². The molecule has 2 aliphatic rings. The van der Waals surface area contributed by atoms with Crippen LogP contribution in [0.3, 0.4) is 0 Å². The van der Waals surface area contributed by atoms with E-state index in [1.54, 1.807) is 35.8 Å². The molecule has 1 atom stereocenters. The van der Waals surface area contributed by atoms with Gasteiger partial charge in [0.2, 0.25) is 5.82 Å². The molecule has 1 amide bonds. The van der Waals surface area contributed by atoms with Crippen LogP contribution in [0.25, 0.3) is 0 Å². The minimum Gasteiger partial charge on any atom is -0.486 e. The van der Waals surface area contributed by atoms with Crippen molar-refractivity contribution in [1.29, 1.82) is 0 Å². The highest BCUT2D eigenvalue weighted by Gasteiger charge is 2.44. The zero-order valence-electron chi connectivity index (χ0n) is 13.9. The number of piperidine rings is 1. The van der Waals surface area contributed by atoms with Crippen LogP contribution >= 0.6 is 0 Å². The van der Waals surface area contributed by atoms with Gasteiger partial charge in [0.05, 0.1) is 18.4 Å². The molecule has 2 aliphatic heterocycles. The summed E-state index contributed by atoms with van der Waals surface area (Å²) in [7, 11) is 0. The molecule has 2 fully saturated rings. The molecule has 7 nitrogen and oxygen atoms in total. The topological polar surface area (TPSA) is 77.4 Å². The van der Waals surface area contributed by atoms with E-state index < -0.39 is 0 Å². The van der Waals surface area contributed by atoms with Crippen molar-refractivity contribution in [3.63, 3.8) is 0 Å². The molecule has 4 heterocycles. The van der Waals surface area contributed by atoms with Gasteiger partial charge in [-0.1, -0.05) is 0 Å². The lowest BCUT2D eigenvalue weighted by Gasteiger charge is -2.38. The summed E-state index contributed by atoms with van der Waals surface area (Å²) in [6.45, 7) is 1.87. The molecule has 2 aromatic heterocycles. The summed E-state index contributed by atoms with van der Waals surface area (Å²) >= 11 is 0. The molecule has 2 aromatic rings. The third-order valence-corrected chi connectivity index (χ3v) is 4.83. The molecule has 4 rings (SSSR count). The quantitative estimate of drug-likeness (QED) is 0.847. The summed E-state index contributed by atoms with van der Waals surface area (Å²) in [5, 5.41) is 0. The first-order chi connectivity index (χ1) is 12.2. The molecule has 130 valence electrons. The Bertz CT molecular complexity index is 718. The number of rotatable bonds is 3. The van der Waals surface area contributed by atoms with Crippen LogP contribution in [0, 0.1) is 0 Å². The Balaban J connectivity index is 1.33. The van der Waals surface area contributed by atoms with Crippen LogP contribution in [-0.2, 0) is 4.74 Å². The maximum Gasteiger partial charge on any atom is 0.291 e. The van der Waals surface area contributed by atoms with E-state index in [-0.39, 0.29) is 23.4 Å². The fourth-order valence-electron chi connectivity index (χ4n) is 3.50. The molecule has 0 aromatic carbocycles. The molecule has 1 spiro atoms. The van der Waals surface area contributed by atoms with Gasteiger partial charge in [-0.3, -0.25) is 9.78 Å². The summed E-state index contributed by atoms with van der Waals surface area (Å²) in [5.74, 6) is 0.905. The van der Waals surface area contributed by atoms with Crippen LogP contribution < -0.4 is 4.74 Å². The van der Waals surface area contributed by atoms with Gasteiger partial charge in [-0.25, -0.2) is 9.97 Å². The van der Waals surface area contributed by atoms with Gasteiger partial charge in [0.1, 0.15) is 11.9 Å². The van der Waals surface area contributed by atoms with E-state index in [1.807, 2.05) is 12.1 Å². The van der Waals surface area contributed by atoms with Crippen molar-refractivity contribution >= 4 is 5.91 Å². The van der Waals surface area contributed by atoms with Crippen molar-refractivity contribution in [2.75, 3.05) is 19.7 Å². The highest BCUT2D eigenvalue weighted by molar-refractivity contribution is 5.90. The Morgan fingerprint density at radius 2 is 2.00 bits per heavy atom. The fourth-order valence-corrected chi connectivity index (χ4v) is 3.50. The number of aromatic nitrogens is 3. The summed E-state index contributed by atoms with van der Waals surface area (Å²) < 4.78 is 12.0. The van der Waals surface area contributed by atoms with Gasteiger partial charge < -0.3 is 14.4 Å². The SMILES string of the molecule is O=C(c1ncccn1)N1CCC2(CC1)CC(Oc1cccnc1)CO2. The Hall–Kier alpha value is -2.54. The van der Waals surface area contributed by atoms with Crippen LogP contribution in [0.4, 0.5) is 0 Å². The second kappa shape index (κ2) is 6.76. The van der Waals surface area contributed by atoms with Crippen LogP contribution in [0.2, 0.25) is 0 Å². The molecule has 2 saturated heterocycles. The second-order valence-electron chi connectivity index (χ2n) is 6.49. The maximum atomic E-state index is 12.4. The van der Waals surface area contributed by atoms with Gasteiger partial charge in [0.15, 0.2) is 0 Å². The Kier molecular flexibility index (Phi) is 4.31. The molecule has 7 heteroatoms. The average Bonchev–Trinajstić information content (AvgIpc) is 3.05. The molecule has 0 radical (unpaired) electrons. The molecular formula is C18H20N4O3. The summed E-state index contributed by atoms with van der Waals surface area (Å²) in [4.78, 5) is 26.4. The molecular weight excluding hydrogens is 320 g/mol. The molecule has 0 saturated carbocycles. The number of amides is 1. The second-order valence-corrected chi connectivity index (χ2v) is 6.49. The zero-order valence-corrected chi connectivity index (χ0v) is 13.9. The number of ether oxygens (including phenoxy) is 2. The predicted octanol–water partition coefficient (Wildman–Crippen LogP) is 1.71. The molecule has 25 heavy (non-hydrogen) atoms. The zero-order chi connectivity index (χ0) is 17.1. The van der Waals surface area contributed by atoms with E-state index in [0.29, 0.717) is 19.7 Å². The van der Waals surface area contributed by atoms with Gasteiger partial charge in [-0.05, 0) is 31.0 Å². The van der Waals surface area contributed by atoms with Crippen molar-refractivity contribution in [2.24, 2.45) is 0 Å². The highest BCUT2D eigenvalue weighted by atomic mass is 16.6. The van der Waals surface area contributed by atoms with Gasteiger partial charge in [0.25, 0.3) is 5.91 Å². The molecule has 0 N–H and O–H groups in total. The van der Waals surface area contributed by atoms with E-state index in [1.165, 1.54) is 0 Å². The first kappa shape index (κ1) is 16.0. The number of pyridine rings is 1. The van der Waals surface area contributed by atoms with Crippen molar-refractivity contribution in [1.82, 2.24) is 19.9 Å². The van der Waals surface area contributed by atoms with E-state index in [2.05, 4.69) is 15.0 Å².